The van der Waals surface area contributed by atoms with E-state index in [0.29, 0.717) is 6.42 Å². The van der Waals surface area contributed by atoms with E-state index in [0.717, 1.165) is 11.8 Å². The van der Waals surface area contributed by atoms with Crippen LogP contribution in [0.1, 0.15) is 13.3 Å². The molecular weight excluding hydrogens is 124 g/mol. The third-order valence-electron chi connectivity index (χ3n) is 0.581. The quantitative estimate of drug-likeness (QED) is 0.567. The predicted molar refractivity (Wildman–Crippen MR) is 33.4 cm³/mol. The highest BCUT2D eigenvalue weighted by atomic mass is 32.2. The third-order valence-corrected chi connectivity index (χ3v) is 1.45. The van der Waals surface area contributed by atoms with E-state index in [4.69, 9.17) is 0 Å². The van der Waals surface area contributed by atoms with E-state index in [2.05, 4.69) is 0 Å². The first kappa shape index (κ1) is 7.69. The van der Waals surface area contributed by atoms with E-state index in [1.807, 2.05) is 0 Å². The van der Waals surface area contributed by atoms with Gasteiger partial charge >= 0.3 is 0 Å². The van der Waals surface area contributed by atoms with Gasteiger partial charge in [-0.2, -0.15) is 0 Å². The molecule has 0 amide bonds. The molecular formula is C5H7O2S. The molecule has 0 aliphatic rings. The van der Waals surface area contributed by atoms with Gasteiger partial charge in [-0.25, -0.2) is 0 Å². The van der Waals surface area contributed by atoms with Crippen LogP contribution in [0.3, 0.4) is 0 Å². The van der Waals surface area contributed by atoms with Gasteiger partial charge in [0.1, 0.15) is 0 Å². The summed E-state index contributed by atoms with van der Waals surface area (Å²) in [6, 6.07) is 0. The Hall–Kier alpha value is -0.310. The van der Waals surface area contributed by atoms with Crippen molar-refractivity contribution in [1.29, 1.82) is 0 Å². The van der Waals surface area contributed by atoms with Crippen molar-refractivity contribution in [2.24, 2.45) is 0 Å². The van der Waals surface area contributed by atoms with Gasteiger partial charge < -0.3 is 0 Å². The highest BCUT2D eigenvalue weighted by Gasteiger charge is 1.95. The lowest BCUT2D eigenvalue weighted by Gasteiger charge is -1.86. The molecule has 0 aromatic carbocycles. The van der Waals surface area contributed by atoms with Crippen LogP contribution in [0.2, 0.25) is 0 Å². The second-order valence-electron chi connectivity index (χ2n) is 1.16. The van der Waals surface area contributed by atoms with Crippen molar-refractivity contribution < 1.29 is 9.59 Å². The maximum absolute atomic E-state index is 10.4. The second-order valence-corrected chi connectivity index (χ2v) is 2.19. The molecule has 0 atom stereocenters. The number of carbonyl (C=O) groups excluding carboxylic acids is 2. The molecule has 2 nitrogen and oxygen atoms in total. The van der Waals surface area contributed by atoms with Crippen molar-refractivity contribution in [3.05, 3.63) is 0 Å². The van der Waals surface area contributed by atoms with Crippen LogP contribution in [0.5, 0.6) is 0 Å². The molecule has 1 radical (unpaired) electrons. The summed E-state index contributed by atoms with van der Waals surface area (Å²) in [6.07, 6.45) is 2.12. The molecule has 0 spiro atoms. The Morgan fingerprint density at radius 1 is 1.75 bits per heavy atom. The summed E-state index contributed by atoms with van der Waals surface area (Å²) in [5.74, 6) is 0.173. The molecule has 0 N–H and O–H groups in total. The SMILES string of the molecule is CCC(=O)SC[C]=O. The van der Waals surface area contributed by atoms with E-state index in [1.54, 1.807) is 13.2 Å². The molecule has 0 aromatic rings. The molecule has 0 bridgehead atoms. The van der Waals surface area contributed by atoms with Crippen molar-refractivity contribution in [3.63, 3.8) is 0 Å². The van der Waals surface area contributed by atoms with Crippen LogP contribution in [0.15, 0.2) is 0 Å². The standard InChI is InChI=1S/C5H7O2S/c1-2-5(7)8-4-3-6/h2,4H2,1H3. The molecule has 0 saturated carbocycles. The Labute approximate surface area is 52.6 Å². The number of thioether (sulfide) groups is 1. The van der Waals surface area contributed by atoms with Gasteiger partial charge in [0.15, 0.2) is 5.12 Å². The van der Waals surface area contributed by atoms with Gasteiger partial charge in [-0.1, -0.05) is 18.7 Å². The fourth-order valence-electron chi connectivity index (χ4n) is 0.212. The summed E-state index contributed by atoms with van der Waals surface area (Å²) in [6.45, 7) is 1.76. The summed E-state index contributed by atoms with van der Waals surface area (Å²) in [5, 5.41) is 0.0494. The maximum atomic E-state index is 10.4. The molecule has 0 fully saturated rings. The lowest BCUT2D eigenvalue weighted by molar-refractivity contribution is -0.110. The van der Waals surface area contributed by atoms with Crippen LogP contribution in [0.25, 0.3) is 0 Å². The van der Waals surface area contributed by atoms with Crippen LogP contribution in [0, 0.1) is 0 Å². The van der Waals surface area contributed by atoms with Crippen molar-refractivity contribution in [1.82, 2.24) is 0 Å². The van der Waals surface area contributed by atoms with Crippen LogP contribution >= 0.6 is 11.8 Å². The van der Waals surface area contributed by atoms with Gasteiger partial charge in [-0.3, -0.25) is 9.59 Å². The number of carbonyl (C=O) groups is 1. The van der Waals surface area contributed by atoms with Crippen LogP contribution in [0.4, 0.5) is 0 Å². The minimum Gasteiger partial charge on any atom is -0.290 e. The van der Waals surface area contributed by atoms with Crippen LogP contribution in [-0.4, -0.2) is 17.2 Å². The summed E-state index contributed by atoms with van der Waals surface area (Å²) in [5.41, 5.74) is 0. The predicted octanol–water partition coefficient (Wildman–Crippen LogP) is 0.766. The Morgan fingerprint density at radius 2 is 2.38 bits per heavy atom. The third kappa shape index (κ3) is 3.87. The lowest BCUT2D eigenvalue weighted by atomic mass is 10.6. The Balaban J connectivity index is 3.11. The monoisotopic (exact) mass is 131 g/mol. The highest BCUT2D eigenvalue weighted by Crippen LogP contribution is 2.01. The number of hydrogen-bond donors (Lipinski definition) is 0. The first-order chi connectivity index (χ1) is 3.81. The second kappa shape index (κ2) is 4.84. The normalized spacial score (nSPS) is 8.62. The van der Waals surface area contributed by atoms with E-state index < -0.39 is 0 Å². The van der Waals surface area contributed by atoms with Crippen LogP contribution in [-0.2, 0) is 9.59 Å². The minimum atomic E-state index is 0.0494. The van der Waals surface area contributed by atoms with Gasteiger partial charge in [0.25, 0.3) is 0 Å². The molecule has 0 unspecified atom stereocenters. The van der Waals surface area contributed by atoms with Gasteiger partial charge in [0.2, 0.25) is 6.29 Å². The summed E-state index contributed by atoms with van der Waals surface area (Å²) in [7, 11) is 0. The molecule has 0 saturated heterocycles. The average molecular weight is 131 g/mol. The highest BCUT2D eigenvalue weighted by molar-refractivity contribution is 8.14. The van der Waals surface area contributed by atoms with E-state index in [-0.39, 0.29) is 10.9 Å². The molecule has 45 valence electrons. The molecule has 0 aliphatic carbocycles. The first-order valence-corrected chi connectivity index (χ1v) is 3.30. The van der Waals surface area contributed by atoms with Crippen LogP contribution < -0.4 is 0 Å². The summed E-state index contributed by atoms with van der Waals surface area (Å²) in [4.78, 5) is 19.9. The zero-order valence-electron chi connectivity index (χ0n) is 4.64. The van der Waals surface area contributed by atoms with Crippen molar-refractivity contribution >= 4 is 23.2 Å². The Bertz CT molecular complexity index is 90.4. The maximum Gasteiger partial charge on any atom is 0.209 e. The molecule has 0 aliphatic heterocycles. The smallest absolute Gasteiger partial charge is 0.209 e. The van der Waals surface area contributed by atoms with Gasteiger partial charge in [-0.05, 0) is 0 Å². The molecule has 0 rings (SSSR count). The summed E-state index contributed by atoms with van der Waals surface area (Å²) < 4.78 is 0. The zero-order chi connectivity index (χ0) is 6.41. The Morgan fingerprint density at radius 3 is 2.75 bits per heavy atom. The molecule has 8 heavy (non-hydrogen) atoms. The van der Waals surface area contributed by atoms with E-state index in [9.17, 15) is 9.59 Å². The molecule has 3 heteroatoms. The fraction of sp³-hybridized carbons (Fsp3) is 0.600. The Kier molecular flexibility index (Phi) is 4.65. The minimum absolute atomic E-state index is 0.0494. The summed E-state index contributed by atoms with van der Waals surface area (Å²) >= 11 is 1.01. The largest absolute Gasteiger partial charge is 0.290 e. The van der Waals surface area contributed by atoms with Gasteiger partial charge in [0.05, 0.1) is 5.75 Å². The number of rotatable bonds is 3. The van der Waals surface area contributed by atoms with Crippen molar-refractivity contribution in [2.75, 3.05) is 5.75 Å². The van der Waals surface area contributed by atoms with Crippen molar-refractivity contribution in [2.45, 2.75) is 13.3 Å². The first-order valence-electron chi connectivity index (χ1n) is 2.32. The fourth-order valence-corrected chi connectivity index (χ4v) is 0.636. The molecule has 0 aromatic heterocycles. The van der Waals surface area contributed by atoms with E-state index in [1.165, 1.54) is 0 Å². The van der Waals surface area contributed by atoms with Gasteiger partial charge in [-0.15, -0.1) is 0 Å². The average Bonchev–Trinajstić information content (AvgIpc) is 1.83. The zero-order valence-corrected chi connectivity index (χ0v) is 5.46. The van der Waals surface area contributed by atoms with E-state index >= 15 is 0 Å². The van der Waals surface area contributed by atoms with Crippen molar-refractivity contribution in [3.8, 4) is 0 Å². The topological polar surface area (TPSA) is 34.1 Å². The lowest BCUT2D eigenvalue weighted by Crippen LogP contribution is -1.89. The number of hydrogen-bond acceptors (Lipinski definition) is 3. The molecule has 0 heterocycles. The van der Waals surface area contributed by atoms with Gasteiger partial charge in [0, 0.05) is 6.42 Å².